The van der Waals surface area contributed by atoms with Crippen molar-refractivity contribution < 1.29 is 15.0 Å². The van der Waals surface area contributed by atoms with E-state index in [-0.39, 0.29) is 5.92 Å². The van der Waals surface area contributed by atoms with Crippen LogP contribution < -0.4 is 0 Å². The van der Waals surface area contributed by atoms with Gasteiger partial charge in [0.15, 0.2) is 0 Å². The van der Waals surface area contributed by atoms with Crippen molar-refractivity contribution in [3.63, 3.8) is 0 Å². The van der Waals surface area contributed by atoms with Gasteiger partial charge in [-0.05, 0) is 44.7 Å². The summed E-state index contributed by atoms with van der Waals surface area (Å²) in [6, 6.07) is 0. The molecule has 0 saturated carbocycles. The lowest BCUT2D eigenvalue weighted by Crippen LogP contribution is -2.68. The Balaban J connectivity index is 2.38. The average molecular weight is 241 g/mol. The second kappa shape index (κ2) is 4.25. The van der Waals surface area contributed by atoms with Gasteiger partial charge < -0.3 is 15.1 Å². The SMILES string of the molecule is CCC(CC)(C(=O)O)C1(O)CN2CCC1CC2. The minimum atomic E-state index is -1.04. The van der Waals surface area contributed by atoms with Crippen molar-refractivity contribution in [3.8, 4) is 0 Å². The Morgan fingerprint density at radius 3 is 2.18 bits per heavy atom. The van der Waals surface area contributed by atoms with E-state index < -0.39 is 17.0 Å². The predicted octanol–water partition coefficient (Wildman–Crippen LogP) is 1.33. The number of rotatable bonds is 4. The highest BCUT2D eigenvalue weighted by Gasteiger charge is 2.60. The number of carboxylic acid groups (broad SMARTS) is 1. The van der Waals surface area contributed by atoms with Crippen LogP contribution in [0.25, 0.3) is 0 Å². The molecule has 0 aromatic heterocycles. The molecule has 3 heterocycles. The predicted molar refractivity (Wildman–Crippen MR) is 64.8 cm³/mol. The van der Waals surface area contributed by atoms with Crippen molar-refractivity contribution in [1.29, 1.82) is 0 Å². The van der Waals surface area contributed by atoms with Gasteiger partial charge in [-0.3, -0.25) is 4.79 Å². The number of piperidine rings is 3. The lowest BCUT2D eigenvalue weighted by molar-refractivity contribution is -0.207. The monoisotopic (exact) mass is 241 g/mol. The second-order valence-electron chi connectivity index (χ2n) is 5.57. The van der Waals surface area contributed by atoms with Gasteiger partial charge in [-0.1, -0.05) is 13.8 Å². The number of aliphatic hydroxyl groups is 1. The molecular formula is C13H23NO3. The van der Waals surface area contributed by atoms with Gasteiger partial charge in [-0.25, -0.2) is 0 Å². The van der Waals surface area contributed by atoms with Crippen LogP contribution in [-0.2, 0) is 4.79 Å². The molecule has 3 saturated heterocycles. The molecule has 3 aliphatic rings. The molecule has 2 N–H and O–H groups in total. The number of aliphatic carboxylic acids is 1. The zero-order valence-corrected chi connectivity index (χ0v) is 10.8. The van der Waals surface area contributed by atoms with Crippen LogP contribution in [0.4, 0.5) is 0 Å². The Kier molecular flexibility index (Phi) is 3.21. The van der Waals surface area contributed by atoms with E-state index in [1.807, 2.05) is 13.8 Å². The minimum absolute atomic E-state index is 0.156. The summed E-state index contributed by atoms with van der Waals surface area (Å²) in [5.41, 5.74) is -2.02. The fraction of sp³-hybridized carbons (Fsp3) is 0.923. The molecule has 98 valence electrons. The summed E-state index contributed by atoms with van der Waals surface area (Å²) in [7, 11) is 0. The lowest BCUT2D eigenvalue weighted by atomic mass is 9.58. The van der Waals surface area contributed by atoms with E-state index in [4.69, 9.17) is 0 Å². The number of nitrogens with zero attached hydrogens (tertiary/aromatic N) is 1. The molecule has 0 amide bonds. The van der Waals surface area contributed by atoms with Crippen LogP contribution in [0.2, 0.25) is 0 Å². The first-order valence-corrected chi connectivity index (χ1v) is 6.68. The summed E-state index contributed by atoms with van der Waals surface area (Å²) >= 11 is 0. The fourth-order valence-corrected chi connectivity index (χ4v) is 3.93. The standard InChI is InChI=1S/C13H23NO3/c1-3-12(4-2,11(15)16)13(17)9-14-7-5-10(13)6-8-14/h10,17H,3-9H2,1-2H3,(H,15,16). The molecule has 4 nitrogen and oxygen atoms in total. The summed E-state index contributed by atoms with van der Waals surface area (Å²) < 4.78 is 0. The highest BCUT2D eigenvalue weighted by molar-refractivity contribution is 5.76. The van der Waals surface area contributed by atoms with E-state index in [2.05, 4.69) is 4.90 Å². The maximum atomic E-state index is 11.7. The smallest absolute Gasteiger partial charge is 0.312 e. The Bertz CT molecular complexity index is 306. The molecule has 3 aliphatic heterocycles. The molecule has 0 aromatic carbocycles. The normalized spacial score (nSPS) is 37.1. The summed E-state index contributed by atoms with van der Waals surface area (Å²) in [5.74, 6) is -0.678. The molecule has 3 fully saturated rings. The van der Waals surface area contributed by atoms with Crippen molar-refractivity contribution in [2.45, 2.75) is 45.1 Å². The third-order valence-corrected chi connectivity index (χ3v) is 5.17. The first-order valence-electron chi connectivity index (χ1n) is 6.68. The zero-order valence-electron chi connectivity index (χ0n) is 10.8. The van der Waals surface area contributed by atoms with Gasteiger partial charge >= 0.3 is 5.97 Å². The third-order valence-electron chi connectivity index (χ3n) is 5.17. The van der Waals surface area contributed by atoms with Crippen LogP contribution in [-0.4, -0.2) is 46.3 Å². The van der Waals surface area contributed by atoms with Gasteiger partial charge in [-0.15, -0.1) is 0 Å². The van der Waals surface area contributed by atoms with Gasteiger partial charge in [0.2, 0.25) is 0 Å². The van der Waals surface area contributed by atoms with Gasteiger partial charge in [0.1, 0.15) is 0 Å². The topological polar surface area (TPSA) is 60.8 Å². The maximum absolute atomic E-state index is 11.7. The molecule has 0 aromatic rings. The number of hydrogen-bond donors (Lipinski definition) is 2. The summed E-state index contributed by atoms with van der Waals surface area (Å²) in [5, 5.41) is 20.6. The van der Waals surface area contributed by atoms with Crippen molar-refractivity contribution in [2.24, 2.45) is 11.3 Å². The van der Waals surface area contributed by atoms with Crippen LogP contribution in [0.1, 0.15) is 39.5 Å². The van der Waals surface area contributed by atoms with E-state index in [1.165, 1.54) is 0 Å². The average Bonchev–Trinajstić information content (AvgIpc) is 2.31. The first kappa shape index (κ1) is 12.8. The second-order valence-corrected chi connectivity index (χ2v) is 5.57. The first-order chi connectivity index (χ1) is 8.00. The van der Waals surface area contributed by atoms with Gasteiger partial charge in [0.25, 0.3) is 0 Å². The quantitative estimate of drug-likeness (QED) is 0.779. The number of carboxylic acids is 1. The summed E-state index contributed by atoms with van der Waals surface area (Å²) in [6.45, 7) is 6.32. The molecule has 0 spiro atoms. The molecule has 4 heteroatoms. The van der Waals surface area contributed by atoms with E-state index in [9.17, 15) is 15.0 Å². The molecule has 2 bridgehead atoms. The largest absolute Gasteiger partial charge is 0.481 e. The lowest BCUT2D eigenvalue weighted by Gasteiger charge is -2.57. The van der Waals surface area contributed by atoms with Crippen molar-refractivity contribution >= 4 is 5.97 Å². The van der Waals surface area contributed by atoms with Crippen molar-refractivity contribution in [1.82, 2.24) is 4.90 Å². The molecule has 0 aliphatic carbocycles. The van der Waals surface area contributed by atoms with E-state index in [0.717, 1.165) is 25.9 Å². The minimum Gasteiger partial charge on any atom is -0.481 e. The molecule has 1 atom stereocenters. The van der Waals surface area contributed by atoms with Crippen LogP contribution in [0.15, 0.2) is 0 Å². The Morgan fingerprint density at radius 1 is 1.35 bits per heavy atom. The van der Waals surface area contributed by atoms with Gasteiger partial charge in [0, 0.05) is 6.54 Å². The van der Waals surface area contributed by atoms with Crippen LogP contribution in [0.3, 0.4) is 0 Å². The Hall–Kier alpha value is -0.610. The van der Waals surface area contributed by atoms with Crippen LogP contribution in [0.5, 0.6) is 0 Å². The molecule has 17 heavy (non-hydrogen) atoms. The van der Waals surface area contributed by atoms with Crippen molar-refractivity contribution in [2.75, 3.05) is 19.6 Å². The maximum Gasteiger partial charge on any atom is 0.312 e. The number of hydrogen-bond acceptors (Lipinski definition) is 3. The fourth-order valence-electron chi connectivity index (χ4n) is 3.93. The summed E-state index contributed by atoms with van der Waals surface area (Å²) in [6.07, 6.45) is 2.87. The van der Waals surface area contributed by atoms with Gasteiger partial charge in [-0.2, -0.15) is 0 Å². The van der Waals surface area contributed by atoms with Gasteiger partial charge in [0.05, 0.1) is 11.0 Å². The highest BCUT2D eigenvalue weighted by Crippen LogP contribution is 2.50. The highest BCUT2D eigenvalue weighted by atomic mass is 16.4. The number of carbonyl (C=O) groups is 1. The van der Waals surface area contributed by atoms with Crippen LogP contribution >= 0.6 is 0 Å². The molecule has 3 rings (SSSR count). The van der Waals surface area contributed by atoms with E-state index >= 15 is 0 Å². The number of fused-ring (bicyclic) bond motifs is 3. The van der Waals surface area contributed by atoms with E-state index in [1.54, 1.807) is 0 Å². The van der Waals surface area contributed by atoms with Crippen molar-refractivity contribution in [3.05, 3.63) is 0 Å². The van der Waals surface area contributed by atoms with E-state index in [0.29, 0.717) is 19.4 Å². The Morgan fingerprint density at radius 2 is 1.88 bits per heavy atom. The van der Waals surface area contributed by atoms with Crippen LogP contribution in [0, 0.1) is 11.3 Å². The molecule has 0 radical (unpaired) electrons. The Labute approximate surface area is 103 Å². The zero-order chi connectivity index (χ0) is 12.7. The molecular weight excluding hydrogens is 218 g/mol. The summed E-state index contributed by atoms with van der Waals surface area (Å²) in [4.78, 5) is 13.9. The molecule has 1 unspecified atom stereocenters. The third kappa shape index (κ3) is 1.61.